The first-order valence-corrected chi connectivity index (χ1v) is 17.5. The fourth-order valence-corrected chi connectivity index (χ4v) is 4.78. The summed E-state index contributed by atoms with van der Waals surface area (Å²) >= 11 is 0. The molecular weight excluding hydrogens is 682 g/mol. The predicted molar refractivity (Wildman–Crippen MR) is 182 cm³/mol. The molecule has 0 radical (unpaired) electrons. The normalized spacial score (nSPS) is 12.1. The monoisotopic (exact) mass is 731 g/mol. The number of hydrogen-bond acceptors (Lipinski definition) is 13. The molecule has 1 rings (SSSR count). The molecule has 1 aliphatic rings. The van der Waals surface area contributed by atoms with Crippen LogP contribution < -0.4 is 10.6 Å². The predicted octanol–water partition coefficient (Wildman–Crippen LogP) is 0.711. The zero-order valence-corrected chi connectivity index (χ0v) is 29.5. The molecule has 0 aromatic heterocycles. The van der Waals surface area contributed by atoms with Gasteiger partial charge in [0.15, 0.2) is 0 Å². The van der Waals surface area contributed by atoms with E-state index in [9.17, 15) is 57.5 Å². The maximum atomic E-state index is 12.1. The molecule has 0 fully saturated rings. The van der Waals surface area contributed by atoms with Gasteiger partial charge in [0.05, 0.1) is 6.61 Å². The number of Topliss-reactive ketones (excluding diaryl/α,β-unsaturated/α-hetero) is 8. The topological polar surface area (TPSA) is 252 Å². The Morgan fingerprint density at radius 2 is 0.673 bits per heavy atom. The molecule has 0 aromatic rings. The van der Waals surface area contributed by atoms with E-state index in [0.717, 1.165) is 17.1 Å². The van der Waals surface area contributed by atoms with Gasteiger partial charge in [-0.05, 0) is 0 Å². The number of carbonyl (C=O) groups is 12. The number of ketones is 8. The Morgan fingerprint density at radius 3 is 1.00 bits per heavy atom. The first-order chi connectivity index (χ1) is 24.7. The van der Waals surface area contributed by atoms with Crippen LogP contribution in [0.15, 0.2) is 12.2 Å². The first-order valence-electron chi connectivity index (χ1n) is 17.5. The minimum Gasteiger partial charge on any atom is -0.395 e. The van der Waals surface area contributed by atoms with E-state index in [1.807, 2.05) is 0 Å². The van der Waals surface area contributed by atoms with Crippen molar-refractivity contribution in [2.75, 3.05) is 26.2 Å². The molecule has 0 aromatic carbocycles. The smallest absolute Gasteiger partial charge is 0.253 e. The lowest BCUT2D eigenvalue weighted by molar-refractivity contribution is -0.137. The second-order valence-electron chi connectivity index (χ2n) is 12.4. The van der Waals surface area contributed by atoms with Gasteiger partial charge in [-0.15, -0.1) is 0 Å². The van der Waals surface area contributed by atoms with Gasteiger partial charge >= 0.3 is 0 Å². The van der Waals surface area contributed by atoms with Gasteiger partial charge in [0.2, 0.25) is 11.8 Å². The second kappa shape index (κ2) is 26.0. The van der Waals surface area contributed by atoms with Crippen molar-refractivity contribution in [1.82, 2.24) is 15.5 Å². The summed E-state index contributed by atoms with van der Waals surface area (Å²) in [7, 11) is 0. The highest BCUT2D eigenvalue weighted by molar-refractivity contribution is 6.13. The summed E-state index contributed by atoms with van der Waals surface area (Å²) in [6.07, 6.45) is 1.02. The summed E-state index contributed by atoms with van der Waals surface area (Å²) in [4.78, 5) is 144. The van der Waals surface area contributed by atoms with Crippen LogP contribution in [-0.2, 0) is 57.5 Å². The molecule has 3 N–H and O–H groups in total. The molecule has 0 saturated carbocycles. The van der Waals surface area contributed by atoms with Crippen LogP contribution in [0, 0.1) is 0 Å². The van der Waals surface area contributed by atoms with Crippen LogP contribution in [0.1, 0.15) is 116 Å². The van der Waals surface area contributed by atoms with Crippen LogP contribution in [-0.4, -0.2) is 106 Å². The SMILES string of the molecule is O=C(CCNC(=O)CCN1C(=O)C=CC1=O)CCC(=O)CCC(=O)CCC(=O)CCC(=O)CCC(=O)CCC(=O)CCC(=O)CCC(=O)NCCO. The summed E-state index contributed by atoms with van der Waals surface area (Å²) < 4.78 is 0. The van der Waals surface area contributed by atoms with Gasteiger partial charge in [0.1, 0.15) is 46.3 Å². The lowest BCUT2D eigenvalue weighted by Gasteiger charge is -2.13. The molecule has 0 atom stereocenters. The van der Waals surface area contributed by atoms with E-state index >= 15 is 0 Å². The Hall–Kier alpha value is -4.86. The van der Waals surface area contributed by atoms with Crippen molar-refractivity contribution >= 4 is 69.9 Å². The van der Waals surface area contributed by atoms with Gasteiger partial charge in [0, 0.05) is 147 Å². The number of aliphatic hydroxyl groups excluding tert-OH is 1. The molecule has 52 heavy (non-hydrogen) atoms. The van der Waals surface area contributed by atoms with E-state index in [1.54, 1.807) is 0 Å². The number of amides is 4. The molecule has 16 nitrogen and oxygen atoms in total. The Kier molecular flexibility index (Phi) is 22.6. The van der Waals surface area contributed by atoms with Crippen molar-refractivity contribution in [2.45, 2.75) is 116 Å². The number of imide groups is 1. The van der Waals surface area contributed by atoms with Crippen molar-refractivity contribution in [3.63, 3.8) is 0 Å². The van der Waals surface area contributed by atoms with Crippen molar-refractivity contribution in [1.29, 1.82) is 0 Å². The lowest BCUT2D eigenvalue weighted by Crippen LogP contribution is -2.35. The molecule has 4 amide bonds. The second-order valence-corrected chi connectivity index (χ2v) is 12.4. The third-order valence-corrected chi connectivity index (χ3v) is 8.03. The third kappa shape index (κ3) is 22.1. The Balaban J connectivity index is 2.07. The Morgan fingerprint density at radius 1 is 0.404 bits per heavy atom. The van der Waals surface area contributed by atoms with E-state index in [4.69, 9.17) is 5.11 Å². The summed E-state index contributed by atoms with van der Waals surface area (Å²) in [5.74, 6) is -4.09. The van der Waals surface area contributed by atoms with Crippen molar-refractivity contribution in [2.24, 2.45) is 0 Å². The molecule has 0 unspecified atom stereocenters. The highest BCUT2D eigenvalue weighted by Gasteiger charge is 2.23. The summed E-state index contributed by atoms with van der Waals surface area (Å²) in [6, 6.07) is 0. The minimum atomic E-state index is -0.492. The van der Waals surface area contributed by atoms with Crippen molar-refractivity contribution in [3.8, 4) is 0 Å². The van der Waals surface area contributed by atoms with E-state index in [2.05, 4.69) is 10.6 Å². The van der Waals surface area contributed by atoms with Crippen molar-refractivity contribution < 1.29 is 62.6 Å². The molecular formula is C36H49N3O13. The highest BCUT2D eigenvalue weighted by atomic mass is 16.3. The number of aliphatic hydroxyl groups is 1. The van der Waals surface area contributed by atoms with Gasteiger partial charge in [-0.2, -0.15) is 0 Å². The molecule has 0 saturated heterocycles. The fourth-order valence-electron chi connectivity index (χ4n) is 4.78. The molecule has 0 aliphatic carbocycles. The number of nitrogens with one attached hydrogen (secondary N) is 2. The first kappa shape index (κ1) is 45.2. The van der Waals surface area contributed by atoms with Crippen LogP contribution in [0.5, 0.6) is 0 Å². The Labute approximate surface area is 301 Å². The highest BCUT2D eigenvalue weighted by Crippen LogP contribution is 2.10. The molecule has 0 bridgehead atoms. The zero-order chi connectivity index (χ0) is 38.9. The van der Waals surface area contributed by atoms with Gasteiger partial charge in [-0.1, -0.05) is 0 Å². The van der Waals surface area contributed by atoms with Gasteiger partial charge in [-0.25, -0.2) is 0 Å². The van der Waals surface area contributed by atoms with Gasteiger partial charge in [0.25, 0.3) is 11.8 Å². The van der Waals surface area contributed by atoms with E-state index < -0.39 is 17.7 Å². The minimum absolute atomic E-state index is 0.00715. The summed E-state index contributed by atoms with van der Waals surface area (Å²) in [6.45, 7) is -0.145. The fraction of sp³-hybridized carbons (Fsp3) is 0.611. The average Bonchev–Trinajstić information content (AvgIpc) is 3.44. The number of nitrogens with zero attached hydrogens (tertiary/aromatic N) is 1. The lowest BCUT2D eigenvalue weighted by atomic mass is 10.00. The molecule has 1 aliphatic heterocycles. The Bertz CT molecular complexity index is 1380. The van der Waals surface area contributed by atoms with Crippen LogP contribution in [0.25, 0.3) is 0 Å². The van der Waals surface area contributed by atoms with E-state index in [0.29, 0.717) is 0 Å². The molecule has 0 spiro atoms. The molecule has 16 heteroatoms. The van der Waals surface area contributed by atoms with Crippen LogP contribution in [0.3, 0.4) is 0 Å². The zero-order valence-electron chi connectivity index (χ0n) is 29.5. The van der Waals surface area contributed by atoms with E-state index in [1.165, 1.54) is 0 Å². The maximum absolute atomic E-state index is 12.1. The van der Waals surface area contributed by atoms with Gasteiger partial charge in [-0.3, -0.25) is 62.4 Å². The standard InChI is InChI=1S/C36H49N3O13/c40-24-22-38-33(49)16-15-31(47)12-11-29(45)8-7-27(43)4-3-25(41)1-2-26(42)5-6-28(44)9-10-30(46)13-14-32(48)19-21-37-34(50)20-23-39-35(51)17-18-36(39)52/h17-18,40H,1-16,19-24H2,(H,37,50)(H,38,49). The maximum Gasteiger partial charge on any atom is 0.253 e. The van der Waals surface area contributed by atoms with Crippen LogP contribution >= 0.6 is 0 Å². The third-order valence-electron chi connectivity index (χ3n) is 8.03. The number of carbonyl (C=O) groups excluding carboxylic acids is 12. The molecule has 286 valence electrons. The van der Waals surface area contributed by atoms with Gasteiger partial charge < -0.3 is 15.7 Å². The number of rotatable bonds is 32. The van der Waals surface area contributed by atoms with Crippen molar-refractivity contribution in [3.05, 3.63) is 12.2 Å². The molecule has 1 heterocycles. The van der Waals surface area contributed by atoms with Crippen LogP contribution in [0.4, 0.5) is 0 Å². The summed E-state index contributed by atoms with van der Waals surface area (Å²) in [5, 5.41) is 13.6. The van der Waals surface area contributed by atoms with E-state index in [-0.39, 0.29) is 194 Å². The average molecular weight is 732 g/mol. The number of hydrogen-bond donors (Lipinski definition) is 3. The van der Waals surface area contributed by atoms with Crippen LogP contribution in [0.2, 0.25) is 0 Å². The summed E-state index contributed by atoms with van der Waals surface area (Å²) in [5.41, 5.74) is 0. The largest absolute Gasteiger partial charge is 0.395 e. The quantitative estimate of drug-likeness (QED) is 0.0807.